The summed E-state index contributed by atoms with van der Waals surface area (Å²) in [6, 6.07) is 0.438. The molecule has 1 saturated heterocycles. The molecule has 2 aliphatic carbocycles. The highest BCUT2D eigenvalue weighted by Gasteiger charge is 2.32. The largest absolute Gasteiger partial charge is 0.353 e. The Labute approximate surface area is 152 Å². The molecule has 7 heteroatoms. The molecule has 2 fully saturated rings. The average molecular weight is 362 g/mol. The molecule has 1 aromatic heterocycles. The van der Waals surface area contributed by atoms with E-state index >= 15 is 0 Å². The highest BCUT2D eigenvalue weighted by atomic mass is 32.1. The summed E-state index contributed by atoms with van der Waals surface area (Å²) in [5, 5.41) is 4.21. The topological polar surface area (TPSA) is 65.5 Å². The van der Waals surface area contributed by atoms with Crippen molar-refractivity contribution in [2.75, 3.05) is 31.1 Å². The molecule has 1 unspecified atom stereocenters. The van der Waals surface area contributed by atoms with Crippen molar-refractivity contribution in [3.63, 3.8) is 0 Å². The Bertz CT molecular complexity index is 662. The zero-order chi connectivity index (χ0) is 17.4. The lowest BCUT2D eigenvalue weighted by molar-refractivity contribution is -0.131. The number of aromatic nitrogens is 1. The predicted molar refractivity (Wildman–Crippen MR) is 97.9 cm³/mol. The van der Waals surface area contributed by atoms with Gasteiger partial charge in [-0.15, -0.1) is 11.3 Å². The number of thiazole rings is 1. The lowest BCUT2D eigenvalue weighted by Gasteiger charge is -2.34. The summed E-state index contributed by atoms with van der Waals surface area (Å²) in [6.07, 6.45) is 5.51. The number of aryl methyl sites for hydroxylation is 1. The number of amides is 2. The molecule has 6 nitrogen and oxygen atoms in total. The zero-order valence-electron chi connectivity index (χ0n) is 14.8. The second kappa shape index (κ2) is 6.94. The third-order valence-corrected chi connectivity index (χ3v) is 6.61. The Morgan fingerprint density at radius 3 is 2.64 bits per heavy atom. The van der Waals surface area contributed by atoms with Crippen molar-refractivity contribution in [3.05, 3.63) is 10.6 Å². The number of rotatable bonds is 4. The van der Waals surface area contributed by atoms with Crippen molar-refractivity contribution >= 4 is 28.3 Å². The summed E-state index contributed by atoms with van der Waals surface area (Å²) in [6.45, 7) is 5.18. The first-order chi connectivity index (χ1) is 12.1. The Morgan fingerprint density at radius 2 is 1.96 bits per heavy atom. The van der Waals surface area contributed by atoms with Crippen LogP contribution in [0.4, 0.5) is 5.13 Å². The summed E-state index contributed by atoms with van der Waals surface area (Å²) in [7, 11) is 0. The van der Waals surface area contributed by atoms with Crippen molar-refractivity contribution in [2.45, 2.75) is 51.5 Å². The number of fused-ring (bicyclic) bond motifs is 1. The normalized spacial score (nSPS) is 23.3. The van der Waals surface area contributed by atoms with Crippen LogP contribution in [0.2, 0.25) is 0 Å². The van der Waals surface area contributed by atoms with Crippen molar-refractivity contribution in [1.82, 2.24) is 15.2 Å². The number of hydrogen-bond donors (Lipinski definition) is 1. The number of carbonyl (C=O) groups excluding carboxylic acids is 2. The molecule has 1 N–H and O–H groups in total. The molecule has 3 aliphatic rings. The molecule has 0 aromatic carbocycles. The lowest BCUT2D eigenvalue weighted by Crippen LogP contribution is -2.48. The smallest absolute Gasteiger partial charge is 0.223 e. The molecule has 2 heterocycles. The van der Waals surface area contributed by atoms with Gasteiger partial charge in [0.15, 0.2) is 5.13 Å². The minimum absolute atomic E-state index is 0.112. The van der Waals surface area contributed by atoms with Gasteiger partial charge in [0.2, 0.25) is 11.8 Å². The standard InChI is InChI=1S/C18H26N4O2S/c1-2-16(23)21-7-9-22(10-8-21)18-20-14-6-3-12(11-15(14)25-18)17(24)19-13-4-5-13/h12-13H,2-11H2,1H3,(H,19,24). The van der Waals surface area contributed by atoms with E-state index in [-0.39, 0.29) is 17.7 Å². The maximum absolute atomic E-state index is 12.3. The van der Waals surface area contributed by atoms with Crippen LogP contribution in [0.25, 0.3) is 0 Å². The van der Waals surface area contributed by atoms with Crippen molar-refractivity contribution in [2.24, 2.45) is 5.92 Å². The Balaban J connectivity index is 1.37. The van der Waals surface area contributed by atoms with Crippen molar-refractivity contribution in [3.8, 4) is 0 Å². The predicted octanol–water partition coefficient (Wildman–Crippen LogP) is 1.59. The van der Waals surface area contributed by atoms with Gasteiger partial charge in [0, 0.05) is 49.4 Å². The van der Waals surface area contributed by atoms with E-state index in [4.69, 9.17) is 4.98 Å². The number of piperazine rings is 1. The number of hydrogen-bond acceptors (Lipinski definition) is 5. The maximum Gasteiger partial charge on any atom is 0.223 e. The van der Waals surface area contributed by atoms with E-state index in [1.807, 2.05) is 11.8 Å². The van der Waals surface area contributed by atoms with E-state index in [1.165, 1.54) is 10.6 Å². The number of nitrogens with zero attached hydrogens (tertiary/aromatic N) is 3. The van der Waals surface area contributed by atoms with Crippen LogP contribution >= 0.6 is 11.3 Å². The third kappa shape index (κ3) is 3.66. The van der Waals surface area contributed by atoms with E-state index < -0.39 is 0 Å². The number of anilines is 1. The van der Waals surface area contributed by atoms with Crippen LogP contribution in [0.1, 0.15) is 43.2 Å². The van der Waals surface area contributed by atoms with E-state index in [9.17, 15) is 9.59 Å². The summed E-state index contributed by atoms with van der Waals surface area (Å²) < 4.78 is 0. The van der Waals surface area contributed by atoms with Crippen LogP contribution in [0.5, 0.6) is 0 Å². The van der Waals surface area contributed by atoms with Gasteiger partial charge in [-0.2, -0.15) is 0 Å². The summed E-state index contributed by atoms with van der Waals surface area (Å²) in [4.78, 5) is 34.5. The molecule has 25 heavy (non-hydrogen) atoms. The zero-order valence-corrected chi connectivity index (χ0v) is 15.6. The molecule has 0 radical (unpaired) electrons. The van der Waals surface area contributed by atoms with Gasteiger partial charge >= 0.3 is 0 Å². The molecule has 4 rings (SSSR count). The second-order valence-electron chi connectivity index (χ2n) is 7.31. The summed E-state index contributed by atoms with van der Waals surface area (Å²) in [5.41, 5.74) is 1.18. The van der Waals surface area contributed by atoms with E-state index in [2.05, 4.69) is 10.2 Å². The molecule has 2 amide bonds. The highest BCUT2D eigenvalue weighted by molar-refractivity contribution is 7.15. The summed E-state index contributed by atoms with van der Waals surface area (Å²) in [5.74, 6) is 0.581. The molecule has 0 bridgehead atoms. The van der Waals surface area contributed by atoms with Gasteiger partial charge in [-0.25, -0.2) is 4.98 Å². The van der Waals surface area contributed by atoms with Gasteiger partial charge in [0.25, 0.3) is 0 Å². The second-order valence-corrected chi connectivity index (χ2v) is 8.37. The number of carbonyl (C=O) groups is 2. The van der Waals surface area contributed by atoms with Gasteiger partial charge in [-0.3, -0.25) is 9.59 Å². The van der Waals surface area contributed by atoms with Crippen LogP contribution in [0.15, 0.2) is 0 Å². The first kappa shape index (κ1) is 16.8. The summed E-state index contributed by atoms with van der Waals surface area (Å²) >= 11 is 1.74. The third-order valence-electron chi connectivity index (χ3n) is 5.43. The molecule has 1 aliphatic heterocycles. The molecule has 136 valence electrons. The molecule has 0 spiro atoms. The SMILES string of the molecule is CCC(=O)N1CCN(c2nc3c(s2)CC(C(=O)NC2CC2)CC3)CC1. The van der Waals surface area contributed by atoms with E-state index in [1.54, 1.807) is 11.3 Å². The highest BCUT2D eigenvalue weighted by Crippen LogP contribution is 2.35. The van der Waals surface area contributed by atoms with Crippen molar-refractivity contribution < 1.29 is 9.59 Å². The van der Waals surface area contributed by atoms with Gasteiger partial charge in [0.05, 0.1) is 5.69 Å². The fraction of sp³-hybridized carbons (Fsp3) is 0.722. The first-order valence-electron chi connectivity index (χ1n) is 9.45. The minimum atomic E-state index is 0.112. The van der Waals surface area contributed by atoms with Crippen LogP contribution in [0.3, 0.4) is 0 Å². The Morgan fingerprint density at radius 1 is 1.20 bits per heavy atom. The molecule has 1 saturated carbocycles. The minimum Gasteiger partial charge on any atom is -0.353 e. The molecular weight excluding hydrogens is 336 g/mol. The average Bonchev–Trinajstić information content (AvgIpc) is 3.35. The van der Waals surface area contributed by atoms with Crippen LogP contribution < -0.4 is 10.2 Å². The van der Waals surface area contributed by atoms with E-state index in [0.29, 0.717) is 12.5 Å². The van der Waals surface area contributed by atoms with E-state index in [0.717, 1.165) is 63.4 Å². The van der Waals surface area contributed by atoms with Gasteiger partial charge in [-0.05, 0) is 32.1 Å². The Kier molecular flexibility index (Phi) is 4.67. The van der Waals surface area contributed by atoms with Crippen LogP contribution in [-0.2, 0) is 22.4 Å². The molecular formula is C18H26N4O2S. The van der Waals surface area contributed by atoms with Gasteiger partial charge in [0.1, 0.15) is 0 Å². The van der Waals surface area contributed by atoms with Crippen molar-refractivity contribution in [1.29, 1.82) is 0 Å². The molecule has 1 aromatic rings. The van der Waals surface area contributed by atoms with Gasteiger partial charge in [-0.1, -0.05) is 6.92 Å². The fourth-order valence-corrected chi connectivity index (χ4v) is 4.88. The van der Waals surface area contributed by atoms with Crippen LogP contribution in [0, 0.1) is 5.92 Å². The Hall–Kier alpha value is -1.63. The van der Waals surface area contributed by atoms with Crippen LogP contribution in [-0.4, -0.2) is 53.9 Å². The first-order valence-corrected chi connectivity index (χ1v) is 10.3. The van der Waals surface area contributed by atoms with Gasteiger partial charge < -0.3 is 15.1 Å². The fourth-order valence-electron chi connectivity index (χ4n) is 3.64. The quantitative estimate of drug-likeness (QED) is 0.883. The number of nitrogens with one attached hydrogen (secondary N) is 1. The molecule has 1 atom stereocenters. The maximum atomic E-state index is 12.3. The monoisotopic (exact) mass is 362 g/mol. The lowest BCUT2D eigenvalue weighted by atomic mass is 9.90.